The van der Waals surface area contributed by atoms with E-state index < -0.39 is 16.1 Å². The monoisotopic (exact) mass is 408 g/mol. The molecule has 2 aromatic carbocycles. The first-order valence-electron chi connectivity index (χ1n) is 9.04. The van der Waals surface area contributed by atoms with Gasteiger partial charge in [0.1, 0.15) is 11.9 Å². The van der Waals surface area contributed by atoms with E-state index in [1.165, 1.54) is 5.56 Å². The molecule has 0 spiro atoms. The highest BCUT2D eigenvalue weighted by molar-refractivity contribution is 7.89. The van der Waals surface area contributed by atoms with Crippen LogP contribution in [0.2, 0.25) is 0 Å². The molecule has 146 valence electrons. The van der Waals surface area contributed by atoms with E-state index in [9.17, 15) is 8.42 Å². The van der Waals surface area contributed by atoms with Gasteiger partial charge in [-0.15, -0.1) is 3.82 Å². The number of nitrogens with zero attached hydrogens (tertiary/aromatic N) is 1. The van der Waals surface area contributed by atoms with E-state index in [1.54, 1.807) is 6.92 Å². The lowest BCUT2D eigenvalue weighted by Crippen LogP contribution is -2.33. The van der Waals surface area contributed by atoms with Crippen LogP contribution in [0.15, 0.2) is 48.5 Å². The summed E-state index contributed by atoms with van der Waals surface area (Å²) in [6.45, 7) is 3.28. The molecule has 1 aliphatic heterocycles. The molecule has 27 heavy (non-hydrogen) atoms. The summed E-state index contributed by atoms with van der Waals surface area (Å²) in [5.41, 5.74) is 3.26. The van der Waals surface area contributed by atoms with Gasteiger partial charge in [0.15, 0.2) is 0 Å². The summed E-state index contributed by atoms with van der Waals surface area (Å²) in [6, 6.07) is 15.6. The highest BCUT2D eigenvalue weighted by Crippen LogP contribution is 2.27. The van der Waals surface area contributed by atoms with Crippen LogP contribution in [0.4, 0.5) is 0 Å². The van der Waals surface area contributed by atoms with Crippen molar-refractivity contribution in [3.63, 3.8) is 0 Å². The lowest BCUT2D eigenvalue weighted by molar-refractivity contribution is 0.170. The summed E-state index contributed by atoms with van der Waals surface area (Å²) in [4.78, 5) is 0. The molecule has 0 fully saturated rings. The van der Waals surface area contributed by atoms with E-state index in [-0.39, 0.29) is 6.10 Å². The van der Waals surface area contributed by atoms with E-state index >= 15 is 0 Å². The van der Waals surface area contributed by atoms with Crippen LogP contribution in [-0.2, 0) is 23.0 Å². The maximum absolute atomic E-state index is 11.6. The molecule has 0 unspecified atom stereocenters. The first-order valence-corrected chi connectivity index (χ1v) is 11.2. The van der Waals surface area contributed by atoms with E-state index in [1.807, 2.05) is 42.5 Å². The number of rotatable bonds is 7. The minimum Gasteiger partial charge on any atom is -0.489 e. The second kappa shape index (κ2) is 8.61. The largest absolute Gasteiger partial charge is 0.489 e. The molecule has 2 atom stereocenters. The van der Waals surface area contributed by atoms with Crippen molar-refractivity contribution >= 4 is 21.8 Å². The Morgan fingerprint density at radius 1 is 1.22 bits per heavy atom. The van der Waals surface area contributed by atoms with Crippen LogP contribution in [0.3, 0.4) is 0 Å². The predicted molar refractivity (Wildman–Crippen MR) is 108 cm³/mol. The fraction of sp³-hybridized carbons (Fsp3) is 0.400. The van der Waals surface area contributed by atoms with E-state index in [2.05, 4.69) is 11.4 Å². The second-order valence-corrected chi connectivity index (χ2v) is 9.36. The number of fused-ring (bicyclic) bond motifs is 1. The van der Waals surface area contributed by atoms with Gasteiger partial charge in [0.25, 0.3) is 0 Å². The number of halogens is 1. The number of para-hydroxylation sites is 1. The van der Waals surface area contributed by atoms with Gasteiger partial charge in [-0.05, 0) is 54.3 Å². The summed E-state index contributed by atoms with van der Waals surface area (Å²) >= 11 is 5.91. The number of benzene rings is 2. The molecule has 2 aromatic rings. The van der Waals surface area contributed by atoms with Crippen molar-refractivity contribution < 1.29 is 13.2 Å². The number of nitrogens with one attached hydrogen (secondary N) is 1. The minimum atomic E-state index is -3.44. The maximum atomic E-state index is 11.6. The highest BCUT2D eigenvalue weighted by Gasteiger charge is 2.22. The third kappa shape index (κ3) is 5.23. The van der Waals surface area contributed by atoms with Crippen molar-refractivity contribution in [1.82, 2.24) is 9.14 Å². The maximum Gasteiger partial charge on any atom is 0.225 e. The molecule has 5 nitrogen and oxygen atoms in total. The summed E-state index contributed by atoms with van der Waals surface area (Å²) < 4.78 is 30.0. The molecular weight excluding hydrogens is 384 g/mol. The Morgan fingerprint density at radius 3 is 2.63 bits per heavy atom. The lowest BCUT2D eigenvalue weighted by Gasteiger charge is -2.26. The minimum absolute atomic E-state index is 0.179. The Kier molecular flexibility index (Phi) is 6.42. The fourth-order valence-electron chi connectivity index (χ4n) is 3.22. The summed E-state index contributed by atoms with van der Waals surface area (Å²) in [7, 11) is -3.44. The van der Waals surface area contributed by atoms with Crippen LogP contribution in [0, 0.1) is 0 Å². The van der Waals surface area contributed by atoms with Crippen molar-refractivity contribution in [1.29, 1.82) is 0 Å². The van der Waals surface area contributed by atoms with Crippen LogP contribution < -0.4 is 10.1 Å². The zero-order valence-corrected chi connectivity index (χ0v) is 17.1. The summed E-state index contributed by atoms with van der Waals surface area (Å²) in [6.07, 6.45) is 3.33. The molecule has 0 saturated heterocycles. The van der Waals surface area contributed by atoms with Gasteiger partial charge in [0, 0.05) is 13.1 Å². The Morgan fingerprint density at radius 2 is 1.93 bits per heavy atom. The van der Waals surface area contributed by atoms with E-state index in [4.69, 9.17) is 16.5 Å². The number of ether oxygens (including phenoxy) is 1. The van der Waals surface area contributed by atoms with Crippen LogP contribution in [0.25, 0.3) is 0 Å². The number of aryl methyl sites for hydroxylation is 1. The van der Waals surface area contributed by atoms with Crippen LogP contribution in [0.5, 0.6) is 5.75 Å². The van der Waals surface area contributed by atoms with Crippen molar-refractivity contribution in [2.24, 2.45) is 0 Å². The Bertz CT molecular complexity index is 871. The molecule has 0 saturated carbocycles. The van der Waals surface area contributed by atoms with Crippen molar-refractivity contribution in [3.05, 3.63) is 65.2 Å². The zero-order valence-electron chi connectivity index (χ0n) is 15.6. The lowest BCUT2D eigenvalue weighted by atomic mass is 10.0. The van der Waals surface area contributed by atoms with Gasteiger partial charge in [0.2, 0.25) is 10.0 Å². The molecule has 7 heteroatoms. The van der Waals surface area contributed by atoms with Crippen LogP contribution >= 0.6 is 11.8 Å². The van der Waals surface area contributed by atoms with Gasteiger partial charge < -0.3 is 10.1 Å². The molecule has 1 aliphatic rings. The Balaban J connectivity index is 1.50. The quantitative estimate of drug-likeness (QED) is 0.710. The fourth-order valence-corrected chi connectivity index (χ4v) is 4.03. The molecule has 0 aromatic heterocycles. The van der Waals surface area contributed by atoms with Gasteiger partial charge in [0.05, 0.1) is 12.3 Å². The number of hydrogen-bond acceptors (Lipinski definition) is 4. The molecule has 0 bridgehead atoms. The van der Waals surface area contributed by atoms with Crippen molar-refractivity contribution in [2.75, 3.05) is 12.8 Å². The number of sulfonamides is 1. The molecule has 1 heterocycles. The topological polar surface area (TPSA) is 58.6 Å². The summed E-state index contributed by atoms with van der Waals surface area (Å²) in [5.74, 6) is 0.991. The highest BCUT2D eigenvalue weighted by atomic mass is 35.5. The normalized spacial score (nSPS) is 18.0. The van der Waals surface area contributed by atoms with Gasteiger partial charge in [-0.1, -0.05) is 42.5 Å². The zero-order chi connectivity index (χ0) is 19.4. The van der Waals surface area contributed by atoms with Crippen LogP contribution in [-0.4, -0.2) is 31.1 Å². The smallest absolute Gasteiger partial charge is 0.225 e. The van der Waals surface area contributed by atoms with Gasteiger partial charge in [-0.25, -0.2) is 8.42 Å². The first kappa shape index (κ1) is 20.1. The SMILES string of the molecule is C[C@H](c1ccc(CNC[C@H]2CCc3ccccc3O2)cc1)N(Cl)S(C)(=O)=O. The van der Waals surface area contributed by atoms with Gasteiger partial charge in [-0.2, -0.15) is 0 Å². The molecule has 0 aliphatic carbocycles. The number of hydrogen-bond donors (Lipinski definition) is 1. The Hall–Kier alpha value is -1.60. The average Bonchev–Trinajstić information content (AvgIpc) is 2.66. The average molecular weight is 409 g/mol. The molecule has 3 rings (SSSR count). The predicted octanol–water partition coefficient (Wildman–Crippen LogP) is 3.65. The molecule has 0 amide bonds. The van der Waals surface area contributed by atoms with Crippen molar-refractivity contribution in [2.45, 2.75) is 38.5 Å². The standard InChI is InChI=1S/C20H25ClN2O3S/c1-15(23(21)27(2,24)25)17-9-7-16(8-10-17)13-22-14-19-12-11-18-5-3-4-6-20(18)26-19/h3-10,15,19,22H,11-14H2,1-2H3/t15-,19-/m1/s1. The van der Waals surface area contributed by atoms with Gasteiger partial charge in [-0.3, -0.25) is 0 Å². The second-order valence-electron chi connectivity index (χ2n) is 6.94. The third-order valence-corrected chi connectivity index (χ3v) is 6.78. The van der Waals surface area contributed by atoms with Gasteiger partial charge >= 0.3 is 0 Å². The Labute approximate surface area is 166 Å². The van der Waals surface area contributed by atoms with E-state index in [0.717, 1.165) is 52.9 Å². The van der Waals surface area contributed by atoms with E-state index in [0.29, 0.717) is 0 Å². The molecule has 1 N–H and O–H groups in total. The third-order valence-electron chi connectivity index (χ3n) is 4.79. The van der Waals surface area contributed by atoms with Crippen molar-refractivity contribution in [3.8, 4) is 5.75 Å². The first-order chi connectivity index (χ1) is 12.8. The summed E-state index contributed by atoms with van der Waals surface area (Å²) in [5, 5.41) is 3.44. The van der Waals surface area contributed by atoms with Crippen LogP contribution in [0.1, 0.15) is 36.1 Å². The molecule has 0 radical (unpaired) electrons. The molecular formula is C20H25ClN2O3S.